The number of anilines is 1. The van der Waals surface area contributed by atoms with E-state index in [0.29, 0.717) is 4.34 Å². The molecule has 0 saturated heterocycles. The fraction of sp³-hybridized carbons (Fsp3) is 0. The molecule has 0 atom stereocenters. The van der Waals surface area contributed by atoms with Gasteiger partial charge in [-0.2, -0.15) is 0 Å². The minimum Gasteiger partial charge on any atom is -0.398 e. The predicted molar refractivity (Wildman–Crippen MR) is 86.9 cm³/mol. The number of aromatic amines is 1. The molecule has 6 nitrogen and oxygen atoms in total. The van der Waals surface area contributed by atoms with Gasteiger partial charge in [0.05, 0.1) is 9.90 Å². The van der Waals surface area contributed by atoms with Gasteiger partial charge in [0.2, 0.25) is 0 Å². The van der Waals surface area contributed by atoms with Gasteiger partial charge in [-0.1, -0.05) is 11.6 Å². The lowest BCUT2D eigenvalue weighted by molar-refractivity contribution is 0.0845. The zero-order chi connectivity index (χ0) is 16.6. The summed E-state index contributed by atoms with van der Waals surface area (Å²) in [5, 5.41) is 0.805. The molecule has 9 heteroatoms. The van der Waals surface area contributed by atoms with E-state index in [2.05, 4.69) is 15.8 Å². The molecule has 3 aromatic rings. The standard InChI is InChI=1S/C14H10ClFN4O2S/c15-11-4-6-3-10(18-14(6)23-11)13(22)20-19-12(21)8-2-1-7(16)5-9(8)17/h1-5,18H,17H2,(H,19,21)(H,20,22). The summed E-state index contributed by atoms with van der Waals surface area (Å²) in [7, 11) is 0. The molecule has 0 unspecified atom stereocenters. The summed E-state index contributed by atoms with van der Waals surface area (Å²) in [6.07, 6.45) is 0. The Morgan fingerprint density at radius 3 is 2.61 bits per heavy atom. The third-order valence-corrected chi connectivity index (χ3v) is 4.27. The SMILES string of the molecule is Nc1cc(F)ccc1C(=O)NNC(=O)c1cc2cc(Cl)sc2[nH]1. The van der Waals surface area contributed by atoms with Crippen molar-refractivity contribution >= 4 is 50.7 Å². The molecule has 3 rings (SSSR count). The highest BCUT2D eigenvalue weighted by molar-refractivity contribution is 7.22. The zero-order valence-electron chi connectivity index (χ0n) is 11.4. The molecular weight excluding hydrogens is 343 g/mol. The first kappa shape index (κ1) is 15.3. The highest BCUT2D eigenvalue weighted by Gasteiger charge is 2.14. The van der Waals surface area contributed by atoms with Crippen molar-refractivity contribution in [2.45, 2.75) is 0 Å². The Morgan fingerprint density at radius 2 is 1.91 bits per heavy atom. The number of carbonyl (C=O) groups is 2. The highest BCUT2D eigenvalue weighted by atomic mass is 35.5. The van der Waals surface area contributed by atoms with E-state index in [-0.39, 0.29) is 16.9 Å². The maximum Gasteiger partial charge on any atom is 0.286 e. The minimum atomic E-state index is -0.646. The number of nitrogen functional groups attached to an aromatic ring is 1. The summed E-state index contributed by atoms with van der Waals surface area (Å²) < 4.78 is 13.6. The van der Waals surface area contributed by atoms with E-state index in [0.717, 1.165) is 22.3 Å². The monoisotopic (exact) mass is 352 g/mol. The highest BCUT2D eigenvalue weighted by Crippen LogP contribution is 2.29. The minimum absolute atomic E-state index is 0.0215. The number of thiophene rings is 1. The number of hydrogen-bond acceptors (Lipinski definition) is 4. The van der Waals surface area contributed by atoms with Crippen LogP contribution in [0.1, 0.15) is 20.8 Å². The molecule has 2 amide bonds. The maximum absolute atomic E-state index is 13.0. The lowest BCUT2D eigenvalue weighted by Gasteiger charge is -2.08. The molecular formula is C14H10ClFN4O2S. The molecule has 0 radical (unpaired) electrons. The number of halogens is 2. The van der Waals surface area contributed by atoms with E-state index in [4.69, 9.17) is 17.3 Å². The van der Waals surface area contributed by atoms with E-state index >= 15 is 0 Å². The molecule has 2 aromatic heterocycles. The Balaban J connectivity index is 1.68. The van der Waals surface area contributed by atoms with Crippen molar-refractivity contribution in [3.63, 3.8) is 0 Å². The second-order valence-corrected chi connectivity index (χ2v) is 6.34. The summed E-state index contributed by atoms with van der Waals surface area (Å²) in [4.78, 5) is 27.6. The summed E-state index contributed by atoms with van der Waals surface area (Å²) in [6, 6.07) is 6.71. The average molecular weight is 353 g/mol. The number of benzene rings is 1. The first-order chi connectivity index (χ1) is 10.9. The van der Waals surface area contributed by atoms with Crippen LogP contribution in [0.25, 0.3) is 10.2 Å². The van der Waals surface area contributed by atoms with Crippen molar-refractivity contribution in [2.75, 3.05) is 5.73 Å². The van der Waals surface area contributed by atoms with Crippen LogP contribution in [0.15, 0.2) is 30.3 Å². The fourth-order valence-electron chi connectivity index (χ4n) is 2.00. The molecule has 0 spiro atoms. The van der Waals surface area contributed by atoms with Crippen molar-refractivity contribution in [1.82, 2.24) is 15.8 Å². The first-order valence-corrected chi connectivity index (χ1v) is 7.57. The number of rotatable bonds is 2. The van der Waals surface area contributed by atoms with E-state index in [9.17, 15) is 14.0 Å². The smallest absolute Gasteiger partial charge is 0.286 e. The van der Waals surface area contributed by atoms with Gasteiger partial charge in [-0.15, -0.1) is 11.3 Å². The van der Waals surface area contributed by atoms with Crippen LogP contribution in [0.5, 0.6) is 0 Å². The van der Waals surface area contributed by atoms with Gasteiger partial charge in [0.1, 0.15) is 16.3 Å². The number of fused-ring (bicyclic) bond motifs is 1. The van der Waals surface area contributed by atoms with E-state index in [1.54, 1.807) is 12.1 Å². The van der Waals surface area contributed by atoms with Gasteiger partial charge in [0.25, 0.3) is 11.8 Å². The molecule has 2 heterocycles. The topological polar surface area (TPSA) is 100 Å². The van der Waals surface area contributed by atoms with Gasteiger partial charge in [-0.3, -0.25) is 20.4 Å². The number of H-pyrrole nitrogens is 1. The van der Waals surface area contributed by atoms with Gasteiger partial charge in [-0.05, 0) is 30.3 Å². The fourth-order valence-corrected chi connectivity index (χ4v) is 3.13. The van der Waals surface area contributed by atoms with Crippen molar-refractivity contribution in [1.29, 1.82) is 0 Å². The molecule has 0 fully saturated rings. The molecule has 0 aliphatic carbocycles. The second-order valence-electron chi connectivity index (χ2n) is 4.66. The van der Waals surface area contributed by atoms with Gasteiger partial charge in [0, 0.05) is 11.1 Å². The molecule has 118 valence electrons. The lowest BCUT2D eigenvalue weighted by Crippen LogP contribution is -2.42. The van der Waals surface area contributed by atoms with Crippen LogP contribution in [-0.2, 0) is 0 Å². The number of carbonyl (C=O) groups excluding carboxylic acids is 2. The second kappa shape index (κ2) is 5.90. The third kappa shape index (κ3) is 3.13. The third-order valence-electron chi connectivity index (χ3n) is 3.07. The maximum atomic E-state index is 13.0. The molecule has 0 bridgehead atoms. The van der Waals surface area contributed by atoms with Crippen molar-refractivity contribution < 1.29 is 14.0 Å². The molecule has 0 aliphatic rings. The van der Waals surface area contributed by atoms with Crippen molar-refractivity contribution in [2.24, 2.45) is 0 Å². The number of nitrogens with one attached hydrogen (secondary N) is 3. The number of nitrogens with two attached hydrogens (primary N) is 1. The van der Waals surface area contributed by atoms with Crippen LogP contribution < -0.4 is 16.6 Å². The predicted octanol–water partition coefficient (Wildman–Crippen LogP) is 2.68. The molecule has 5 N–H and O–H groups in total. The van der Waals surface area contributed by atoms with Gasteiger partial charge >= 0.3 is 0 Å². The van der Waals surface area contributed by atoms with Crippen LogP contribution in [0.3, 0.4) is 0 Å². The zero-order valence-corrected chi connectivity index (χ0v) is 13.0. The molecule has 0 saturated carbocycles. The largest absolute Gasteiger partial charge is 0.398 e. The van der Waals surface area contributed by atoms with E-state index in [1.807, 2.05) is 0 Å². The van der Waals surface area contributed by atoms with Crippen molar-refractivity contribution in [3.8, 4) is 0 Å². The lowest BCUT2D eigenvalue weighted by atomic mass is 10.1. The Bertz CT molecular complexity index is 889. The van der Waals surface area contributed by atoms with Crippen LogP contribution >= 0.6 is 22.9 Å². The molecule has 0 aliphatic heterocycles. The quantitative estimate of drug-likeness (QED) is 0.421. The Morgan fingerprint density at radius 1 is 1.17 bits per heavy atom. The number of hydrazine groups is 1. The van der Waals surface area contributed by atoms with Gasteiger partial charge < -0.3 is 10.7 Å². The normalized spacial score (nSPS) is 10.7. The van der Waals surface area contributed by atoms with Crippen LogP contribution in [-0.4, -0.2) is 16.8 Å². The Hall–Kier alpha value is -2.58. The van der Waals surface area contributed by atoms with Crippen molar-refractivity contribution in [3.05, 3.63) is 51.7 Å². The van der Waals surface area contributed by atoms with Crippen LogP contribution in [0.2, 0.25) is 4.34 Å². The molecule has 1 aromatic carbocycles. The van der Waals surface area contributed by atoms with Crippen LogP contribution in [0, 0.1) is 5.82 Å². The van der Waals surface area contributed by atoms with E-state index in [1.165, 1.54) is 17.4 Å². The average Bonchev–Trinajstić information content (AvgIpc) is 3.01. The van der Waals surface area contributed by atoms with Gasteiger partial charge in [0.15, 0.2) is 0 Å². The number of hydrogen-bond donors (Lipinski definition) is 4. The summed E-state index contributed by atoms with van der Waals surface area (Å²) in [5.74, 6) is -1.72. The number of amides is 2. The number of aromatic nitrogens is 1. The molecule has 23 heavy (non-hydrogen) atoms. The summed E-state index contributed by atoms with van der Waals surface area (Å²) in [5.41, 5.74) is 10.4. The Labute approximate surface area is 138 Å². The Kier molecular flexibility index (Phi) is 3.93. The van der Waals surface area contributed by atoms with E-state index < -0.39 is 17.6 Å². The van der Waals surface area contributed by atoms with Crippen LogP contribution in [0.4, 0.5) is 10.1 Å². The van der Waals surface area contributed by atoms with Gasteiger partial charge in [-0.25, -0.2) is 4.39 Å². The summed E-state index contributed by atoms with van der Waals surface area (Å²) in [6.45, 7) is 0. The summed E-state index contributed by atoms with van der Waals surface area (Å²) >= 11 is 7.16. The first-order valence-electron chi connectivity index (χ1n) is 6.38.